The minimum absolute atomic E-state index is 0.0953. The molecule has 0 bridgehead atoms. The fourth-order valence-electron chi connectivity index (χ4n) is 2.24. The first-order valence-electron chi connectivity index (χ1n) is 6.89. The van der Waals surface area contributed by atoms with Gasteiger partial charge in [0.1, 0.15) is 10.0 Å². The van der Waals surface area contributed by atoms with Gasteiger partial charge in [0.2, 0.25) is 0 Å². The first kappa shape index (κ1) is 17.2. The number of rotatable bonds is 3. The molecule has 0 aromatic rings. The lowest BCUT2D eigenvalue weighted by molar-refractivity contribution is -0.122. The number of hydrogen-bond acceptors (Lipinski definition) is 6. The Hall–Kier alpha value is -1.18. The van der Waals surface area contributed by atoms with Crippen LogP contribution in [0.2, 0.25) is 0 Å². The molecule has 116 valence electrons. The second kappa shape index (κ2) is 6.93. The molecule has 2 aliphatic rings. The molecule has 22 heavy (non-hydrogen) atoms. The summed E-state index contributed by atoms with van der Waals surface area (Å²) < 4.78 is 4.50. The van der Waals surface area contributed by atoms with Crippen LogP contribution in [0.25, 0.3) is 0 Å². The summed E-state index contributed by atoms with van der Waals surface area (Å²) >= 11 is 10.5. The standard InChI is InChI=1S/C15H17N3OS3/c1-4-18-14(19)11(22-15(18)20)7-9-5-6-10(8(2)3)12(16)13(9)17-21/h5-8,16,21H,4H2,1-3H3/b11-7-,16-12?,17-13-. The van der Waals surface area contributed by atoms with Crippen molar-refractivity contribution in [3.05, 3.63) is 34.3 Å². The number of hydrogen-bond donors (Lipinski definition) is 2. The third kappa shape index (κ3) is 3.11. The Kier molecular flexibility index (Phi) is 5.41. The number of allylic oxidation sites excluding steroid dienone is 5. The monoisotopic (exact) mass is 351 g/mol. The first-order valence-corrected chi connectivity index (χ1v) is 8.52. The minimum atomic E-state index is -0.0953. The molecule has 1 saturated heterocycles. The predicted octanol–water partition coefficient (Wildman–Crippen LogP) is 3.58. The molecule has 4 nitrogen and oxygen atoms in total. The van der Waals surface area contributed by atoms with E-state index in [1.807, 2.05) is 32.9 Å². The van der Waals surface area contributed by atoms with Crippen molar-refractivity contribution in [2.24, 2.45) is 10.3 Å². The highest BCUT2D eigenvalue weighted by Gasteiger charge is 2.31. The normalized spacial score (nSPS) is 23.0. The number of amides is 1. The lowest BCUT2D eigenvalue weighted by Gasteiger charge is -2.18. The zero-order valence-electron chi connectivity index (χ0n) is 12.6. The zero-order valence-corrected chi connectivity index (χ0v) is 15.1. The fraction of sp³-hybridized carbons (Fsp3) is 0.333. The van der Waals surface area contributed by atoms with E-state index in [0.717, 1.165) is 5.57 Å². The molecule has 1 heterocycles. The lowest BCUT2D eigenvalue weighted by Crippen LogP contribution is -2.27. The summed E-state index contributed by atoms with van der Waals surface area (Å²) in [5.74, 6) is 0.135. The van der Waals surface area contributed by atoms with Gasteiger partial charge in [-0.05, 0) is 37.3 Å². The van der Waals surface area contributed by atoms with Gasteiger partial charge in [-0.1, -0.05) is 50.0 Å². The van der Waals surface area contributed by atoms with Crippen LogP contribution in [0.1, 0.15) is 20.8 Å². The molecule has 1 fully saturated rings. The molecule has 1 aliphatic heterocycles. The van der Waals surface area contributed by atoms with Crippen molar-refractivity contribution in [1.82, 2.24) is 4.90 Å². The molecule has 0 aromatic heterocycles. The van der Waals surface area contributed by atoms with Gasteiger partial charge in [0, 0.05) is 12.1 Å². The highest BCUT2D eigenvalue weighted by molar-refractivity contribution is 8.26. The summed E-state index contributed by atoms with van der Waals surface area (Å²) in [5, 5.41) is 8.26. The Morgan fingerprint density at radius 3 is 2.68 bits per heavy atom. The predicted molar refractivity (Wildman–Crippen MR) is 101 cm³/mol. The molecule has 0 aromatic carbocycles. The van der Waals surface area contributed by atoms with Gasteiger partial charge in [-0.3, -0.25) is 15.1 Å². The van der Waals surface area contributed by atoms with E-state index in [-0.39, 0.29) is 11.8 Å². The third-order valence-electron chi connectivity index (χ3n) is 3.44. The van der Waals surface area contributed by atoms with Crippen LogP contribution in [0.15, 0.2) is 38.7 Å². The van der Waals surface area contributed by atoms with Crippen LogP contribution in [0.4, 0.5) is 0 Å². The number of carbonyl (C=O) groups is 1. The first-order chi connectivity index (χ1) is 10.4. The van der Waals surface area contributed by atoms with Crippen molar-refractivity contribution in [2.75, 3.05) is 6.54 Å². The largest absolute Gasteiger partial charge is 0.298 e. The van der Waals surface area contributed by atoms with Gasteiger partial charge in [-0.2, -0.15) is 0 Å². The minimum Gasteiger partial charge on any atom is -0.298 e. The van der Waals surface area contributed by atoms with Crippen LogP contribution >= 0.6 is 36.8 Å². The number of thioether (sulfide) groups is 1. The molecule has 1 amide bonds. The van der Waals surface area contributed by atoms with Crippen LogP contribution in [-0.2, 0) is 4.79 Å². The van der Waals surface area contributed by atoms with Gasteiger partial charge in [0.15, 0.2) is 0 Å². The van der Waals surface area contributed by atoms with E-state index < -0.39 is 0 Å². The van der Waals surface area contributed by atoms with Crippen molar-refractivity contribution in [3.8, 4) is 0 Å². The van der Waals surface area contributed by atoms with Crippen molar-refractivity contribution < 1.29 is 4.79 Å². The summed E-state index contributed by atoms with van der Waals surface area (Å²) in [5.41, 5.74) is 2.45. The Morgan fingerprint density at radius 2 is 2.18 bits per heavy atom. The second-order valence-electron chi connectivity index (χ2n) is 5.15. The second-order valence-corrected chi connectivity index (χ2v) is 7.02. The number of likely N-dealkylation sites (N-methyl/N-ethyl adjacent to an activating group) is 1. The van der Waals surface area contributed by atoms with Gasteiger partial charge in [0.05, 0.1) is 10.6 Å². The summed E-state index contributed by atoms with van der Waals surface area (Å²) in [6, 6.07) is 0. The van der Waals surface area contributed by atoms with Crippen molar-refractivity contribution in [1.29, 1.82) is 5.41 Å². The zero-order chi connectivity index (χ0) is 16.4. The summed E-state index contributed by atoms with van der Waals surface area (Å²) in [4.78, 5) is 14.4. The van der Waals surface area contributed by atoms with Crippen LogP contribution in [0.3, 0.4) is 0 Å². The quantitative estimate of drug-likeness (QED) is 0.354. The van der Waals surface area contributed by atoms with Gasteiger partial charge < -0.3 is 0 Å². The van der Waals surface area contributed by atoms with Crippen molar-refractivity contribution in [3.63, 3.8) is 0 Å². The van der Waals surface area contributed by atoms with Crippen molar-refractivity contribution in [2.45, 2.75) is 20.8 Å². The molecule has 1 N–H and O–H groups in total. The fourth-order valence-corrected chi connectivity index (χ4v) is 3.83. The number of nitrogens with zero attached hydrogens (tertiary/aromatic N) is 2. The SMILES string of the molecule is CCN1C(=O)/C(=C/C2=CC=C(C(C)C)C(=N)/C2=N\S)SC1=S. The molecular formula is C15H17N3OS3. The van der Waals surface area contributed by atoms with E-state index in [1.165, 1.54) is 11.8 Å². The molecule has 2 rings (SSSR count). The van der Waals surface area contributed by atoms with Gasteiger partial charge in [-0.25, -0.2) is 4.40 Å². The summed E-state index contributed by atoms with van der Waals surface area (Å²) in [6.07, 6.45) is 5.52. The average Bonchev–Trinajstić information content (AvgIpc) is 2.73. The lowest BCUT2D eigenvalue weighted by atomic mass is 9.88. The Morgan fingerprint density at radius 1 is 1.50 bits per heavy atom. The third-order valence-corrected chi connectivity index (χ3v) is 5.02. The van der Waals surface area contributed by atoms with Crippen LogP contribution in [-0.4, -0.2) is 33.1 Å². The topological polar surface area (TPSA) is 56.5 Å². The number of thiocarbonyl (C=S) groups is 1. The van der Waals surface area contributed by atoms with Gasteiger partial charge in [-0.15, -0.1) is 0 Å². The van der Waals surface area contributed by atoms with E-state index in [9.17, 15) is 4.79 Å². The maximum absolute atomic E-state index is 12.3. The van der Waals surface area contributed by atoms with E-state index in [1.54, 1.807) is 11.0 Å². The molecule has 0 spiro atoms. The maximum Gasteiger partial charge on any atom is 0.266 e. The van der Waals surface area contributed by atoms with Crippen molar-refractivity contribution >= 4 is 58.4 Å². The van der Waals surface area contributed by atoms with E-state index >= 15 is 0 Å². The van der Waals surface area contributed by atoms with E-state index in [2.05, 4.69) is 17.2 Å². The Balaban J connectivity index is 2.41. The Bertz CT molecular complexity index is 672. The Labute approximate surface area is 145 Å². The van der Waals surface area contributed by atoms with Gasteiger partial charge >= 0.3 is 0 Å². The van der Waals surface area contributed by atoms with Crippen LogP contribution in [0, 0.1) is 11.3 Å². The molecule has 0 atom stereocenters. The molecule has 1 aliphatic carbocycles. The average molecular weight is 352 g/mol. The smallest absolute Gasteiger partial charge is 0.266 e. The maximum atomic E-state index is 12.3. The van der Waals surface area contributed by atoms with E-state index in [4.69, 9.17) is 17.6 Å². The molecule has 7 heteroatoms. The van der Waals surface area contributed by atoms with Gasteiger partial charge in [0.25, 0.3) is 5.91 Å². The number of nitrogens with one attached hydrogen (secondary N) is 1. The molecule has 0 unspecified atom stereocenters. The molecule has 0 radical (unpaired) electrons. The highest BCUT2D eigenvalue weighted by atomic mass is 32.2. The highest BCUT2D eigenvalue weighted by Crippen LogP contribution is 2.32. The number of thiol groups is 1. The molecular weight excluding hydrogens is 334 g/mol. The van der Waals surface area contributed by atoms with Crippen LogP contribution in [0.5, 0.6) is 0 Å². The summed E-state index contributed by atoms with van der Waals surface area (Å²) in [6.45, 7) is 6.51. The van der Waals surface area contributed by atoms with Crippen LogP contribution < -0.4 is 0 Å². The number of carbonyl (C=O) groups excluding carboxylic acids is 1. The summed E-state index contributed by atoms with van der Waals surface area (Å²) in [7, 11) is 0. The molecule has 0 saturated carbocycles. The van der Waals surface area contributed by atoms with E-state index in [0.29, 0.717) is 32.8 Å².